The molecule has 0 aliphatic heterocycles. The van der Waals surface area contributed by atoms with Crippen molar-refractivity contribution in [3.63, 3.8) is 0 Å². The van der Waals surface area contributed by atoms with Gasteiger partial charge in [0.25, 0.3) is 0 Å². The summed E-state index contributed by atoms with van der Waals surface area (Å²) in [5.74, 6) is 5.74. The Balaban J connectivity index is 2.95. The maximum absolute atomic E-state index is 5.24. The van der Waals surface area contributed by atoms with Crippen molar-refractivity contribution in [2.24, 2.45) is 5.73 Å². The normalized spacial score (nSPS) is 8.55. The zero-order valence-corrected chi connectivity index (χ0v) is 7.56. The summed E-state index contributed by atoms with van der Waals surface area (Å²) in [6.45, 7) is 0.404. The summed E-state index contributed by atoms with van der Waals surface area (Å²) in [7, 11) is 0. The Bertz CT molecular complexity index is 296. The van der Waals surface area contributed by atoms with Crippen LogP contribution in [0.3, 0.4) is 0 Å². The van der Waals surface area contributed by atoms with E-state index in [1.807, 2.05) is 24.3 Å². The van der Waals surface area contributed by atoms with Crippen molar-refractivity contribution in [3.05, 3.63) is 34.3 Å². The number of rotatable bonds is 0. The first-order valence-electron chi connectivity index (χ1n) is 3.28. The zero-order chi connectivity index (χ0) is 8.10. The molecule has 0 atom stereocenters. The molecule has 1 aromatic rings. The summed E-state index contributed by atoms with van der Waals surface area (Å²) in [6.07, 6.45) is 0. The second-order valence-electron chi connectivity index (χ2n) is 1.99. The molecule has 0 unspecified atom stereocenters. The molecule has 2 N–H and O–H groups in total. The van der Waals surface area contributed by atoms with Crippen LogP contribution in [0.2, 0.25) is 0 Å². The average Bonchev–Trinajstić information content (AvgIpc) is 2.03. The van der Waals surface area contributed by atoms with E-state index >= 15 is 0 Å². The molecular weight excluding hydrogens is 202 g/mol. The fraction of sp³-hybridized carbons (Fsp3) is 0.111. The Morgan fingerprint density at radius 1 is 1.36 bits per heavy atom. The molecule has 11 heavy (non-hydrogen) atoms. The largest absolute Gasteiger partial charge is 0.320 e. The quantitative estimate of drug-likeness (QED) is 0.648. The van der Waals surface area contributed by atoms with Gasteiger partial charge in [-0.05, 0) is 28.1 Å². The van der Waals surface area contributed by atoms with Gasteiger partial charge in [0, 0.05) is 10.0 Å². The van der Waals surface area contributed by atoms with Crippen LogP contribution in [-0.4, -0.2) is 6.54 Å². The summed E-state index contributed by atoms with van der Waals surface area (Å²) >= 11 is 3.38. The van der Waals surface area contributed by atoms with Crippen LogP contribution in [0.1, 0.15) is 5.56 Å². The molecule has 0 aliphatic carbocycles. The molecule has 1 rings (SSSR count). The van der Waals surface area contributed by atoms with Crippen LogP contribution in [0.15, 0.2) is 28.7 Å². The summed E-state index contributed by atoms with van der Waals surface area (Å²) in [6, 6.07) is 7.82. The van der Waals surface area contributed by atoms with Gasteiger partial charge in [-0.15, -0.1) is 0 Å². The topological polar surface area (TPSA) is 26.0 Å². The average molecular weight is 210 g/mol. The molecule has 0 spiro atoms. The van der Waals surface area contributed by atoms with Gasteiger partial charge in [-0.1, -0.05) is 24.0 Å². The first kappa shape index (κ1) is 8.32. The van der Waals surface area contributed by atoms with E-state index in [2.05, 4.69) is 27.8 Å². The molecule has 0 amide bonds. The van der Waals surface area contributed by atoms with Crippen LogP contribution < -0.4 is 5.73 Å². The SMILES string of the molecule is NCC#Cc1ccccc1Br. The van der Waals surface area contributed by atoms with E-state index in [0.717, 1.165) is 10.0 Å². The first-order chi connectivity index (χ1) is 5.34. The highest BCUT2D eigenvalue weighted by molar-refractivity contribution is 9.10. The second-order valence-corrected chi connectivity index (χ2v) is 2.84. The van der Waals surface area contributed by atoms with Crippen molar-refractivity contribution < 1.29 is 0 Å². The van der Waals surface area contributed by atoms with E-state index < -0.39 is 0 Å². The number of hydrogen-bond donors (Lipinski definition) is 1. The lowest BCUT2D eigenvalue weighted by Crippen LogP contribution is -1.93. The first-order valence-corrected chi connectivity index (χ1v) is 4.07. The highest BCUT2D eigenvalue weighted by atomic mass is 79.9. The lowest BCUT2D eigenvalue weighted by atomic mass is 10.2. The zero-order valence-electron chi connectivity index (χ0n) is 5.97. The van der Waals surface area contributed by atoms with Crippen molar-refractivity contribution in [2.45, 2.75) is 0 Å². The smallest absolute Gasteiger partial charge is 0.0555 e. The van der Waals surface area contributed by atoms with Crippen LogP contribution >= 0.6 is 15.9 Å². The maximum Gasteiger partial charge on any atom is 0.0555 e. The molecule has 0 saturated carbocycles. The Morgan fingerprint density at radius 2 is 2.09 bits per heavy atom. The van der Waals surface area contributed by atoms with Gasteiger partial charge in [-0.3, -0.25) is 0 Å². The van der Waals surface area contributed by atoms with Crippen LogP contribution in [-0.2, 0) is 0 Å². The molecule has 0 heterocycles. The third-order valence-corrected chi connectivity index (χ3v) is 1.89. The van der Waals surface area contributed by atoms with E-state index in [4.69, 9.17) is 5.73 Å². The van der Waals surface area contributed by atoms with E-state index in [1.165, 1.54) is 0 Å². The van der Waals surface area contributed by atoms with Gasteiger partial charge in [0.2, 0.25) is 0 Å². The van der Waals surface area contributed by atoms with E-state index in [-0.39, 0.29) is 0 Å². The summed E-state index contributed by atoms with van der Waals surface area (Å²) < 4.78 is 1.01. The third kappa shape index (κ3) is 2.38. The van der Waals surface area contributed by atoms with Crippen LogP contribution in [0.25, 0.3) is 0 Å². The summed E-state index contributed by atoms with van der Waals surface area (Å²) in [5.41, 5.74) is 6.22. The molecule has 0 fully saturated rings. The van der Waals surface area contributed by atoms with Crippen LogP contribution in [0.5, 0.6) is 0 Å². The fourth-order valence-electron chi connectivity index (χ4n) is 0.709. The molecule has 0 aliphatic rings. The summed E-state index contributed by atoms with van der Waals surface area (Å²) in [4.78, 5) is 0. The van der Waals surface area contributed by atoms with Gasteiger partial charge in [-0.2, -0.15) is 0 Å². The highest BCUT2D eigenvalue weighted by Crippen LogP contribution is 2.13. The van der Waals surface area contributed by atoms with Gasteiger partial charge in [-0.25, -0.2) is 0 Å². The predicted octanol–water partition coefficient (Wildman–Crippen LogP) is 1.76. The second kappa shape index (κ2) is 4.17. The molecule has 0 radical (unpaired) electrons. The highest BCUT2D eigenvalue weighted by Gasteiger charge is 1.90. The molecule has 0 aromatic heterocycles. The van der Waals surface area contributed by atoms with Crippen molar-refractivity contribution in [1.29, 1.82) is 0 Å². The monoisotopic (exact) mass is 209 g/mol. The maximum atomic E-state index is 5.24. The molecule has 56 valence electrons. The molecular formula is C9H8BrN. The standard InChI is InChI=1S/C9H8BrN/c10-9-6-2-1-4-8(9)5-3-7-11/h1-2,4,6H,7,11H2. The minimum absolute atomic E-state index is 0.404. The summed E-state index contributed by atoms with van der Waals surface area (Å²) in [5, 5.41) is 0. The Labute approximate surface area is 74.7 Å². The van der Waals surface area contributed by atoms with E-state index in [9.17, 15) is 0 Å². The number of hydrogen-bond acceptors (Lipinski definition) is 1. The lowest BCUT2D eigenvalue weighted by Gasteiger charge is -1.91. The van der Waals surface area contributed by atoms with Crippen LogP contribution in [0.4, 0.5) is 0 Å². The number of nitrogens with two attached hydrogens (primary N) is 1. The fourth-order valence-corrected chi connectivity index (χ4v) is 1.09. The van der Waals surface area contributed by atoms with E-state index in [0.29, 0.717) is 6.54 Å². The van der Waals surface area contributed by atoms with Crippen molar-refractivity contribution in [2.75, 3.05) is 6.54 Å². The van der Waals surface area contributed by atoms with Crippen molar-refractivity contribution in [1.82, 2.24) is 0 Å². The minimum atomic E-state index is 0.404. The minimum Gasteiger partial charge on any atom is -0.320 e. The van der Waals surface area contributed by atoms with Crippen molar-refractivity contribution in [3.8, 4) is 11.8 Å². The van der Waals surface area contributed by atoms with E-state index in [1.54, 1.807) is 0 Å². The van der Waals surface area contributed by atoms with Gasteiger partial charge in [0.1, 0.15) is 0 Å². The predicted molar refractivity (Wildman–Crippen MR) is 50.1 cm³/mol. The molecule has 0 saturated heterocycles. The van der Waals surface area contributed by atoms with Crippen LogP contribution in [0, 0.1) is 11.8 Å². The lowest BCUT2D eigenvalue weighted by molar-refractivity contribution is 1.30. The Morgan fingerprint density at radius 3 is 2.73 bits per heavy atom. The Hall–Kier alpha value is -0.780. The number of benzene rings is 1. The van der Waals surface area contributed by atoms with Gasteiger partial charge < -0.3 is 5.73 Å². The van der Waals surface area contributed by atoms with Gasteiger partial charge in [0.15, 0.2) is 0 Å². The molecule has 0 bridgehead atoms. The molecule has 1 nitrogen and oxygen atoms in total. The third-order valence-electron chi connectivity index (χ3n) is 1.20. The van der Waals surface area contributed by atoms with Crippen molar-refractivity contribution >= 4 is 15.9 Å². The Kier molecular flexibility index (Phi) is 3.15. The van der Waals surface area contributed by atoms with Gasteiger partial charge >= 0.3 is 0 Å². The number of halogens is 1. The molecule has 2 heteroatoms. The van der Waals surface area contributed by atoms with Gasteiger partial charge in [0.05, 0.1) is 6.54 Å². The molecule has 1 aromatic carbocycles.